The third kappa shape index (κ3) is 6.64. The van der Waals surface area contributed by atoms with E-state index in [1.165, 1.54) is 37.1 Å². The molecule has 0 unspecified atom stereocenters. The number of rotatable bonds is 6. The second-order valence-electron chi connectivity index (χ2n) is 9.95. The van der Waals surface area contributed by atoms with Crippen LogP contribution in [0.25, 0.3) is 0 Å². The van der Waals surface area contributed by atoms with Crippen LogP contribution in [0.4, 0.5) is 5.69 Å². The average molecular weight is 442 g/mol. The minimum absolute atomic E-state index is 0.0311. The fourth-order valence-corrected chi connectivity index (χ4v) is 9.56. The number of aryl methyl sites for hydroxylation is 1. The number of para-hydroxylation sites is 1. The molecule has 0 spiro atoms. The second-order valence-corrected chi connectivity index (χ2v) is 14.7. The third-order valence-corrected chi connectivity index (χ3v) is 11.1. The molecule has 2 aromatic rings. The Kier molecular flexibility index (Phi) is 7.54. The molecular formula is C26H36NO3P. The van der Waals surface area contributed by atoms with Crippen LogP contribution >= 0.6 is 7.26 Å². The van der Waals surface area contributed by atoms with E-state index in [9.17, 15) is 9.59 Å². The van der Waals surface area contributed by atoms with Crippen LogP contribution in [0.1, 0.15) is 61.5 Å². The molecule has 2 aromatic carbocycles. The van der Waals surface area contributed by atoms with Crippen molar-refractivity contribution >= 4 is 24.8 Å². The van der Waals surface area contributed by atoms with Gasteiger partial charge in [0.05, 0.1) is 0 Å². The topological polar surface area (TPSA) is 55.4 Å². The fourth-order valence-electron chi connectivity index (χ4n) is 4.61. The first-order valence-electron chi connectivity index (χ1n) is 11.3. The number of hydrogen-bond donors (Lipinski definition) is 1. The molecule has 0 aliphatic carbocycles. The summed E-state index contributed by atoms with van der Waals surface area (Å²) >= 11 is 0. The number of ether oxygens (including phenoxy) is 1. The van der Waals surface area contributed by atoms with Gasteiger partial charge in [-0.25, -0.2) is 0 Å². The molecule has 0 saturated carbocycles. The SMILES string of the molecule is Cc1cccc(C(=O)OC(C)(C)C)c1NC(=O)C[PH]1(Cc2ccccc2)CCCCC1. The van der Waals surface area contributed by atoms with E-state index in [2.05, 4.69) is 29.6 Å². The third-order valence-electron chi connectivity index (χ3n) is 6.03. The van der Waals surface area contributed by atoms with Crippen molar-refractivity contribution in [1.82, 2.24) is 0 Å². The maximum atomic E-state index is 13.3. The van der Waals surface area contributed by atoms with Gasteiger partial charge in [0.2, 0.25) is 0 Å². The number of hydrogen-bond acceptors (Lipinski definition) is 3. The first-order chi connectivity index (χ1) is 14.7. The van der Waals surface area contributed by atoms with E-state index >= 15 is 0 Å². The Morgan fingerprint density at radius 3 is 2.29 bits per heavy atom. The summed E-state index contributed by atoms with van der Waals surface area (Å²) in [5.74, 6) is -0.371. The Morgan fingerprint density at radius 2 is 1.65 bits per heavy atom. The molecule has 4 nitrogen and oxygen atoms in total. The van der Waals surface area contributed by atoms with Crippen molar-refractivity contribution in [2.75, 3.05) is 23.8 Å². The summed E-state index contributed by atoms with van der Waals surface area (Å²) in [6.45, 7) is 7.46. The van der Waals surface area contributed by atoms with Crippen molar-refractivity contribution in [3.05, 3.63) is 65.2 Å². The van der Waals surface area contributed by atoms with Gasteiger partial charge in [-0.2, -0.15) is 0 Å². The quantitative estimate of drug-likeness (QED) is 0.440. The molecule has 1 amide bonds. The molecule has 168 valence electrons. The van der Waals surface area contributed by atoms with Crippen LogP contribution in [0, 0.1) is 6.92 Å². The normalized spacial score (nSPS) is 16.9. The van der Waals surface area contributed by atoms with Crippen LogP contribution in [0.15, 0.2) is 48.5 Å². The molecule has 1 saturated heterocycles. The molecule has 0 atom stereocenters. The van der Waals surface area contributed by atoms with Gasteiger partial charge >= 0.3 is 187 Å². The van der Waals surface area contributed by atoms with Crippen molar-refractivity contribution in [3.63, 3.8) is 0 Å². The van der Waals surface area contributed by atoms with Crippen LogP contribution in [0.2, 0.25) is 0 Å². The number of nitrogens with one attached hydrogen (secondary N) is 1. The van der Waals surface area contributed by atoms with Gasteiger partial charge in [0.15, 0.2) is 0 Å². The molecule has 0 bridgehead atoms. The van der Waals surface area contributed by atoms with E-state index in [0.717, 1.165) is 11.7 Å². The molecule has 31 heavy (non-hydrogen) atoms. The van der Waals surface area contributed by atoms with Gasteiger partial charge in [0.25, 0.3) is 0 Å². The summed E-state index contributed by atoms with van der Waals surface area (Å²) in [5.41, 5.74) is 2.64. The van der Waals surface area contributed by atoms with E-state index in [4.69, 9.17) is 4.74 Å². The maximum absolute atomic E-state index is 13.3. The number of carbonyl (C=O) groups is 2. The Balaban J connectivity index is 1.79. The number of esters is 1. The van der Waals surface area contributed by atoms with E-state index in [1.54, 1.807) is 6.07 Å². The number of anilines is 1. The zero-order chi connectivity index (χ0) is 22.5. The van der Waals surface area contributed by atoms with Gasteiger partial charge < -0.3 is 0 Å². The van der Waals surface area contributed by atoms with Gasteiger partial charge in [-0.15, -0.1) is 0 Å². The average Bonchev–Trinajstić information content (AvgIpc) is 2.69. The summed E-state index contributed by atoms with van der Waals surface area (Å²) < 4.78 is 5.57. The molecule has 0 radical (unpaired) electrons. The van der Waals surface area contributed by atoms with E-state index in [0.29, 0.717) is 17.4 Å². The predicted molar refractivity (Wildman–Crippen MR) is 132 cm³/mol. The Morgan fingerprint density at radius 1 is 0.968 bits per heavy atom. The summed E-state index contributed by atoms with van der Waals surface area (Å²) in [6, 6.07) is 16.1. The van der Waals surface area contributed by atoms with E-state index in [-0.39, 0.29) is 5.91 Å². The first kappa shape index (κ1) is 23.5. The number of benzene rings is 2. The van der Waals surface area contributed by atoms with Gasteiger partial charge in [0, 0.05) is 0 Å². The van der Waals surface area contributed by atoms with Gasteiger partial charge in [0.1, 0.15) is 0 Å². The zero-order valence-corrected chi connectivity index (χ0v) is 20.3. The summed E-state index contributed by atoms with van der Waals surface area (Å²) in [6.07, 6.45) is 7.76. The molecule has 1 fully saturated rings. The van der Waals surface area contributed by atoms with Crippen molar-refractivity contribution in [2.45, 2.75) is 58.7 Å². The Bertz CT molecular complexity index is 912. The van der Waals surface area contributed by atoms with Crippen LogP contribution in [0.5, 0.6) is 0 Å². The van der Waals surface area contributed by atoms with Crippen LogP contribution in [-0.2, 0) is 15.7 Å². The molecule has 0 aromatic heterocycles. The monoisotopic (exact) mass is 441 g/mol. The van der Waals surface area contributed by atoms with Crippen molar-refractivity contribution in [2.24, 2.45) is 0 Å². The predicted octanol–water partition coefficient (Wildman–Crippen LogP) is 6.02. The fraction of sp³-hybridized carbons (Fsp3) is 0.462. The van der Waals surface area contributed by atoms with Crippen LogP contribution in [0.3, 0.4) is 0 Å². The van der Waals surface area contributed by atoms with Crippen LogP contribution in [-0.4, -0.2) is 36.0 Å². The van der Waals surface area contributed by atoms with E-state index in [1.807, 2.05) is 45.9 Å². The molecule has 3 rings (SSSR count). The van der Waals surface area contributed by atoms with Crippen molar-refractivity contribution < 1.29 is 14.3 Å². The molecule has 1 aliphatic heterocycles. The first-order valence-corrected chi connectivity index (χ1v) is 14.2. The van der Waals surface area contributed by atoms with Gasteiger partial charge in [-0.3, -0.25) is 0 Å². The number of carbonyl (C=O) groups excluding carboxylic acids is 2. The summed E-state index contributed by atoms with van der Waals surface area (Å²) in [4.78, 5) is 26.0. The van der Waals surface area contributed by atoms with Gasteiger partial charge in [-0.05, 0) is 0 Å². The van der Waals surface area contributed by atoms with Gasteiger partial charge in [-0.1, -0.05) is 0 Å². The minimum atomic E-state index is -1.77. The Hall–Kier alpha value is -2.19. The van der Waals surface area contributed by atoms with Crippen LogP contribution < -0.4 is 5.32 Å². The molecular weight excluding hydrogens is 405 g/mol. The van der Waals surface area contributed by atoms with Crippen molar-refractivity contribution in [3.8, 4) is 0 Å². The molecule has 5 heteroatoms. The molecule has 1 aliphatic rings. The zero-order valence-electron chi connectivity index (χ0n) is 19.3. The molecule has 1 heterocycles. The second kappa shape index (κ2) is 9.96. The summed E-state index contributed by atoms with van der Waals surface area (Å²) in [5, 5.41) is 3.10. The summed E-state index contributed by atoms with van der Waals surface area (Å²) in [7, 11) is -1.77. The van der Waals surface area contributed by atoms with E-state index < -0.39 is 18.8 Å². The molecule has 1 N–H and O–H groups in total. The van der Waals surface area contributed by atoms with Crippen molar-refractivity contribution in [1.29, 1.82) is 0 Å². The standard InChI is InChI=1S/C26H36NO3P/c1-20-12-11-15-22(25(29)30-26(2,3)4)24(20)27-23(28)19-31(16-9-6-10-17-31)18-21-13-7-5-8-14-21/h5,7-8,11-15,31H,6,9-10,16-19H2,1-4H3,(H,27,28). The number of amides is 1. The Labute approximate surface area is 187 Å².